The standard InChI is InChI=1S/C15H22N4O2S/c1-9(2)15-18-12(8-22-15)11(6-20)17-13-5-10(3)16-14(19-13)7-21-4/h5,8-9,11,20H,6-7H2,1-4H3,(H,16,17,19). The van der Waals surface area contributed by atoms with E-state index in [9.17, 15) is 5.11 Å². The maximum atomic E-state index is 9.66. The normalized spacial score (nSPS) is 12.6. The van der Waals surface area contributed by atoms with E-state index in [2.05, 4.69) is 34.1 Å². The minimum Gasteiger partial charge on any atom is -0.394 e. The lowest BCUT2D eigenvalue weighted by Gasteiger charge is -2.16. The predicted molar refractivity (Wildman–Crippen MR) is 87.1 cm³/mol. The molecule has 1 unspecified atom stereocenters. The average molecular weight is 322 g/mol. The Bertz CT molecular complexity index is 615. The molecule has 0 aromatic carbocycles. The highest BCUT2D eigenvalue weighted by Crippen LogP contribution is 2.24. The quantitative estimate of drug-likeness (QED) is 0.816. The lowest BCUT2D eigenvalue weighted by Crippen LogP contribution is -2.17. The third kappa shape index (κ3) is 4.22. The van der Waals surface area contributed by atoms with E-state index in [1.807, 2.05) is 18.4 Å². The summed E-state index contributed by atoms with van der Waals surface area (Å²) in [6.07, 6.45) is 0. The summed E-state index contributed by atoms with van der Waals surface area (Å²) in [7, 11) is 1.61. The van der Waals surface area contributed by atoms with Gasteiger partial charge in [0, 0.05) is 30.2 Å². The summed E-state index contributed by atoms with van der Waals surface area (Å²) >= 11 is 1.61. The van der Waals surface area contributed by atoms with Gasteiger partial charge in [0.05, 0.1) is 23.4 Å². The maximum absolute atomic E-state index is 9.66. The van der Waals surface area contributed by atoms with Crippen molar-refractivity contribution in [3.63, 3.8) is 0 Å². The molecule has 2 rings (SSSR count). The number of methoxy groups -OCH3 is 1. The third-order valence-electron chi connectivity index (χ3n) is 3.07. The fourth-order valence-corrected chi connectivity index (χ4v) is 2.90. The molecule has 1 atom stereocenters. The van der Waals surface area contributed by atoms with Gasteiger partial charge in [0.2, 0.25) is 0 Å². The van der Waals surface area contributed by atoms with Crippen LogP contribution in [0.5, 0.6) is 0 Å². The molecule has 7 heteroatoms. The summed E-state index contributed by atoms with van der Waals surface area (Å²) in [4.78, 5) is 13.3. The van der Waals surface area contributed by atoms with E-state index >= 15 is 0 Å². The van der Waals surface area contributed by atoms with Crippen molar-refractivity contribution in [2.24, 2.45) is 0 Å². The largest absolute Gasteiger partial charge is 0.394 e. The number of anilines is 1. The van der Waals surface area contributed by atoms with E-state index < -0.39 is 0 Å². The van der Waals surface area contributed by atoms with Gasteiger partial charge >= 0.3 is 0 Å². The fraction of sp³-hybridized carbons (Fsp3) is 0.533. The van der Waals surface area contributed by atoms with Crippen LogP contribution in [-0.4, -0.2) is 33.8 Å². The van der Waals surface area contributed by atoms with Crippen molar-refractivity contribution >= 4 is 17.2 Å². The van der Waals surface area contributed by atoms with Gasteiger partial charge in [0.25, 0.3) is 0 Å². The van der Waals surface area contributed by atoms with Crippen molar-refractivity contribution in [2.45, 2.75) is 39.3 Å². The lowest BCUT2D eigenvalue weighted by molar-refractivity contribution is 0.177. The third-order valence-corrected chi connectivity index (χ3v) is 4.23. The van der Waals surface area contributed by atoms with Crippen LogP contribution in [0.1, 0.15) is 48.0 Å². The molecule has 2 heterocycles. The molecule has 2 aromatic heterocycles. The number of nitrogens with zero attached hydrogens (tertiary/aromatic N) is 3. The highest BCUT2D eigenvalue weighted by atomic mass is 32.1. The number of aliphatic hydroxyl groups excluding tert-OH is 1. The number of ether oxygens (including phenoxy) is 1. The van der Waals surface area contributed by atoms with Crippen molar-refractivity contribution in [1.82, 2.24) is 15.0 Å². The summed E-state index contributed by atoms with van der Waals surface area (Å²) in [5.41, 5.74) is 1.68. The number of aromatic nitrogens is 3. The van der Waals surface area contributed by atoms with Crippen LogP contribution in [0.3, 0.4) is 0 Å². The molecule has 0 aliphatic rings. The van der Waals surface area contributed by atoms with Crippen LogP contribution >= 0.6 is 11.3 Å². The highest BCUT2D eigenvalue weighted by molar-refractivity contribution is 7.09. The van der Waals surface area contributed by atoms with E-state index in [-0.39, 0.29) is 12.6 Å². The molecule has 0 aliphatic carbocycles. The Labute approximate surface area is 134 Å². The van der Waals surface area contributed by atoms with E-state index in [0.29, 0.717) is 24.2 Å². The summed E-state index contributed by atoms with van der Waals surface area (Å²) in [5, 5.41) is 15.9. The van der Waals surface area contributed by atoms with Gasteiger partial charge in [-0.25, -0.2) is 15.0 Å². The van der Waals surface area contributed by atoms with Gasteiger partial charge in [-0.2, -0.15) is 0 Å². The van der Waals surface area contributed by atoms with Gasteiger partial charge in [0.1, 0.15) is 12.4 Å². The maximum Gasteiger partial charge on any atom is 0.156 e. The van der Waals surface area contributed by atoms with Gasteiger partial charge in [-0.3, -0.25) is 0 Å². The van der Waals surface area contributed by atoms with Gasteiger partial charge in [0.15, 0.2) is 5.82 Å². The van der Waals surface area contributed by atoms with Crippen LogP contribution in [0.4, 0.5) is 5.82 Å². The molecule has 2 aromatic rings. The van der Waals surface area contributed by atoms with E-state index in [4.69, 9.17) is 4.74 Å². The zero-order valence-electron chi connectivity index (χ0n) is 13.3. The molecular formula is C15H22N4O2S. The van der Waals surface area contributed by atoms with Crippen LogP contribution < -0.4 is 5.32 Å². The first-order chi connectivity index (χ1) is 10.5. The fourth-order valence-electron chi connectivity index (χ4n) is 2.02. The molecule has 0 spiro atoms. The van der Waals surface area contributed by atoms with Crippen LogP contribution in [0, 0.1) is 6.92 Å². The van der Waals surface area contributed by atoms with Crippen molar-refractivity contribution in [1.29, 1.82) is 0 Å². The first-order valence-electron chi connectivity index (χ1n) is 7.19. The predicted octanol–water partition coefficient (Wildman–Crippen LogP) is 2.66. The van der Waals surface area contributed by atoms with Crippen molar-refractivity contribution < 1.29 is 9.84 Å². The van der Waals surface area contributed by atoms with Crippen molar-refractivity contribution in [3.05, 3.63) is 33.7 Å². The molecule has 6 nitrogen and oxygen atoms in total. The molecule has 2 N–H and O–H groups in total. The number of aliphatic hydroxyl groups is 1. The zero-order valence-corrected chi connectivity index (χ0v) is 14.1. The van der Waals surface area contributed by atoms with E-state index in [1.54, 1.807) is 18.4 Å². The summed E-state index contributed by atoms with van der Waals surface area (Å²) in [6.45, 7) is 6.42. The molecule has 0 saturated carbocycles. The van der Waals surface area contributed by atoms with Gasteiger partial charge in [-0.1, -0.05) is 13.8 Å². The molecule has 0 amide bonds. The minimum absolute atomic E-state index is 0.0517. The Morgan fingerprint density at radius 3 is 2.68 bits per heavy atom. The second-order valence-corrected chi connectivity index (χ2v) is 6.28. The number of thiazole rings is 1. The zero-order chi connectivity index (χ0) is 16.1. The van der Waals surface area contributed by atoms with Gasteiger partial charge in [-0.15, -0.1) is 11.3 Å². The summed E-state index contributed by atoms with van der Waals surface area (Å²) < 4.78 is 5.07. The summed E-state index contributed by atoms with van der Waals surface area (Å²) in [5.74, 6) is 1.66. The Hall–Kier alpha value is -1.57. The molecule has 0 saturated heterocycles. The number of rotatable bonds is 7. The second-order valence-electron chi connectivity index (χ2n) is 5.39. The number of nitrogens with one attached hydrogen (secondary N) is 1. The lowest BCUT2D eigenvalue weighted by atomic mass is 10.2. The summed E-state index contributed by atoms with van der Waals surface area (Å²) in [6, 6.07) is 1.56. The van der Waals surface area contributed by atoms with Crippen LogP contribution in [0.15, 0.2) is 11.4 Å². The van der Waals surface area contributed by atoms with Crippen LogP contribution in [-0.2, 0) is 11.3 Å². The first-order valence-corrected chi connectivity index (χ1v) is 8.07. The van der Waals surface area contributed by atoms with Crippen molar-refractivity contribution in [2.75, 3.05) is 19.0 Å². The Morgan fingerprint density at radius 2 is 2.09 bits per heavy atom. The topological polar surface area (TPSA) is 80.2 Å². The molecule has 0 bridgehead atoms. The smallest absolute Gasteiger partial charge is 0.156 e. The van der Waals surface area contributed by atoms with Crippen LogP contribution in [0.2, 0.25) is 0 Å². The SMILES string of the molecule is COCc1nc(C)cc(NC(CO)c2csc(C(C)C)n2)n1. The number of hydrogen-bond donors (Lipinski definition) is 2. The van der Waals surface area contributed by atoms with E-state index in [0.717, 1.165) is 16.4 Å². The Morgan fingerprint density at radius 1 is 1.32 bits per heavy atom. The first kappa shape index (κ1) is 16.8. The monoisotopic (exact) mass is 322 g/mol. The second kappa shape index (κ2) is 7.62. The number of hydrogen-bond acceptors (Lipinski definition) is 7. The Kier molecular flexibility index (Phi) is 5.82. The molecule has 0 aliphatic heterocycles. The van der Waals surface area contributed by atoms with Gasteiger partial charge < -0.3 is 15.2 Å². The minimum atomic E-state index is -0.284. The van der Waals surface area contributed by atoms with Crippen molar-refractivity contribution in [3.8, 4) is 0 Å². The average Bonchev–Trinajstić information content (AvgIpc) is 2.94. The number of aryl methyl sites for hydroxylation is 1. The van der Waals surface area contributed by atoms with Gasteiger partial charge in [-0.05, 0) is 6.92 Å². The van der Waals surface area contributed by atoms with Crippen LogP contribution in [0.25, 0.3) is 0 Å². The molecule has 22 heavy (non-hydrogen) atoms. The highest BCUT2D eigenvalue weighted by Gasteiger charge is 2.16. The molecule has 0 radical (unpaired) electrons. The van der Waals surface area contributed by atoms with E-state index in [1.165, 1.54) is 0 Å². The molecule has 120 valence electrons. The Balaban J connectivity index is 2.18. The molecular weight excluding hydrogens is 300 g/mol. The molecule has 0 fully saturated rings.